The van der Waals surface area contributed by atoms with E-state index in [0.29, 0.717) is 6.54 Å². The molecule has 0 aliphatic rings. The van der Waals surface area contributed by atoms with Gasteiger partial charge < -0.3 is 15.5 Å². The Kier molecular flexibility index (Phi) is 7.03. The number of hydrogen-bond acceptors (Lipinski definition) is 4. The Morgan fingerprint density at radius 3 is 1.36 bits per heavy atom. The van der Waals surface area contributed by atoms with Crippen molar-refractivity contribution in [2.24, 2.45) is 5.73 Å². The van der Waals surface area contributed by atoms with Crippen LogP contribution in [0.3, 0.4) is 0 Å². The molecule has 0 unspecified atom stereocenters. The average molecular weight is 379 g/mol. The minimum Gasteiger partial charge on any atom is -0.326 e. The zero-order chi connectivity index (χ0) is 20.1. The summed E-state index contributed by atoms with van der Waals surface area (Å²) in [5.74, 6) is 0. The van der Waals surface area contributed by atoms with Crippen molar-refractivity contribution in [1.82, 2.24) is 14.7 Å². The van der Waals surface area contributed by atoms with Crippen LogP contribution in [0.4, 0.5) is 0 Å². The van der Waals surface area contributed by atoms with Crippen LogP contribution in [0, 0.1) is 0 Å². The van der Waals surface area contributed by atoms with Crippen molar-refractivity contribution in [3.63, 3.8) is 0 Å². The fourth-order valence-electron chi connectivity index (χ4n) is 3.88. The molecule has 4 heteroatoms. The van der Waals surface area contributed by atoms with E-state index in [0.717, 1.165) is 32.7 Å². The largest absolute Gasteiger partial charge is 0.326 e. The van der Waals surface area contributed by atoms with Gasteiger partial charge in [0.1, 0.15) is 0 Å². The van der Waals surface area contributed by atoms with Gasteiger partial charge in [0.05, 0.1) is 0 Å². The van der Waals surface area contributed by atoms with Gasteiger partial charge >= 0.3 is 0 Å². The number of rotatable bonds is 9. The van der Waals surface area contributed by atoms with E-state index >= 15 is 0 Å². The first kappa shape index (κ1) is 20.7. The molecular weight excluding hydrogens is 344 g/mol. The van der Waals surface area contributed by atoms with Crippen LogP contribution in [-0.4, -0.2) is 69.1 Å². The molecule has 0 radical (unpaired) electrons. The predicted octanol–water partition coefficient (Wildman–Crippen LogP) is 3.38. The predicted molar refractivity (Wildman–Crippen MR) is 122 cm³/mol. The Hall–Kier alpha value is -1.98. The lowest BCUT2D eigenvalue weighted by atomic mass is 9.91. The van der Waals surface area contributed by atoms with Gasteiger partial charge in [-0.25, -0.2) is 0 Å². The summed E-state index contributed by atoms with van der Waals surface area (Å²) in [6.07, 6.45) is 0. The van der Waals surface area contributed by atoms with E-state index in [1.807, 2.05) is 0 Å². The third-order valence-electron chi connectivity index (χ3n) is 5.47. The number of nitrogens with zero attached hydrogens (tertiary/aromatic N) is 3. The quantitative estimate of drug-likeness (QED) is 0.579. The van der Waals surface area contributed by atoms with Gasteiger partial charge in [-0.2, -0.15) is 0 Å². The molecule has 3 aromatic carbocycles. The van der Waals surface area contributed by atoms with Crippen molar-refractivity contribution >= 4 is 21.5 Å². The molecule has 0 atom stereocenters. The first-order valence-electron chi connectivity index (χ1n) is 10.1. The van der Waals surface area contributed by atoms with Crippen molar-refractivity contribution in [3.8, 4) is 0 Å². The molecule has 3 aromatic rings. The first-order valence-corrected chi connectivity index (χ1v) is 10.1. The third kappa shape index (κ3) is 4.70. The molecule has 0 amide bonds. The zero-order valence-electron chi connectivity index (χ0n) is 17.8. The van der Waals surface area contributed by atoms with Crippen LogP contribution >= 0.6 is 0 Å². The summed E-state index contributed by atoms with van der Waals surface area (Å²) < 4.78 is 0. The maximum atomic E-state index is 6.17. The summed E-state index contributed by atoms with van der Waals surface area (Å²) in [6.45, 7) is 5.75. The second-order valence-corrected chi connectivity index (χ2v) is 8.14. The summed E-state index contributed by atoms with van der Waals surface area (Å²) >= 11 is 0. The Balaban J connectivity index is 2.08. The number of hydrogen-bond donors (Lipinski definition) is 1. The minimum atomic E-state index is 0.562. The van der Waals surface area contributed by atoms with E-state index in [1.165, 1.54) is 32.7 Å². The van der Waals surface area contributed by atoms with Gasteiger partial charge in [-0.1, -0.05) is 48.5 Å². The molecule has 0 aliphatic carbocycles. The number of nitrogens with two attached hydrogens (primary N) is 1. The monoisotopic (exact) mass is 378 g/mol. The van der Waals surface area contributed by atoms with Crippen LogP contribution in [0.5, 0.6) is 0 Å². The van der Waals surface area contributed by atoms with Crippen LogP contribution in [0.15, 0.2) is 48.5 Å². The molecule has 4 nitrogen and oxygen atoms in total. The van der Waals surface area contributed by atoms with Crippen molar-refractivity contribution in [3.05, 3.63) is 59.7 Å². The van der Waals surface area contributed by atoms with E-state index in [4.69, 9.17) is 5.73 Å². The Morgan fingerprint density at radius 2 is 1.00 bits per heavy atom. The number of likely N-dealkylation sites (N-methyl/N-ethyl adjacent to an activating group) is 2. The zero-order valence-corrected chi connectivity index (χ0v) is 17.8. The van der Waals surface area contributed by atoms with E-state index in [1.54, 1.807) is 0 Å². The molecular formula is C24H34N4. The van der Waals surface area contributed by atoms with Crippen molar-refractivity contribution in [1.29, 1.82) is 0 Å². The summed E-state index contributed by atoms with van der Waals surface area (Å²) in [5.41, 5.74) is 8.84. The summed E-state index contributed by atoms with van der Waals surface area (Å²) in [5, 5.41) is 5.25. The van der Waals surface area contributed by atoms with Crippen LogP contribution < -0.4 is 5.73 Å². The molecule has 0 aromatic heterocycles. The smallest absolute Gasteiger partial charge is 0.0247 e. The van der Waals surface area contributed by atoms with E-state index in [9.17, 15) is 0 Å². The van der Waals surface area contributed by atoms with Gasteiger partial charge in [-0.05, 0) is 60.9 Å². The lowest BCUT2D eigenvalue weighted by Gasteiger charge is -2.27. The fraction of sp³-hybridized carbons (Fsp3) is 0.417. The lowest BCUT2D eigenvalue weighted by Crippen LogP contribution is -2.36. The molecule has 0 fully saturated rings. The van der Waals surface area contributed by atoms with Crippen LogP contribution in [-0.2, 0) is 13.1 Å². The van der Waals surface area contributed by atoms with Crippen LogP contribution in [0.25, 0.3) is 21.5 Å². The molecule has 0 saturated heterocycles. The molecule has 0 bridgehead atoms. The average Bonchev–Trinajstić information content (AvgIpc) is 2.69. The Morgan fingerprint density at radius 1 is 0.607 bits per heavy atom. The van der Waals surface area contributed by atoms with E-state index in [2.05, 4.69) is 91.4 Å². The molecule has 0 spiro atoms. The summed E-state index contributed by atoms with van der Waals surface area (Å²) in [7, 11) is 8.58. The third-order valence-corrected chi connectivity index (χ3v) is 5.47. The van der Waals surface area contributed by atoms with Gasteiger partial charge in [0.15, 0.2) is 0 Å². The van der Waals surface area contributed by atoms with Crippen LogP contribution in [0.1, 0.15) is 11.1 Å². The highest BCUT2D eigenvalue weighted by Crippen LogP contribution is 2.33. The second kappa shape index (κ2) is 9.48. The normalized spacial score (nSPS) is 12.1. The van der Waals surface area contributed by atoms with Gasteiger partial charge in [0.2, 0.25) is 0 Å². The van der Waals surface area contributed by atoms with Crippen molar-refractivity contribution in [2.75, 3.05) is 54.4 Å². The van der Waals surface area contributed by atoms with Crippen molar-refractivity contribution in [2.45, 2.75) is 13.1 Å². The summed E-state index contributed by atoms with van der Waals surface area (Å²) in [4.78, 5) is 7.10. The highest BCUT2D eigenvalue weighted by molar-refractivity contribution is 6.05. The Bertz CT molecular complexity index is 848. The molecule has 0 aliphatic heterocycles. The van der Waals surface area contributed by atoms with Crippen LogP contribution in [0.2, 0.25) is 0 Å². The first-order chi connectivity index (χ1) is 13.5. The summed E-state index contributed by atoms with van der Waals surface area (Å²) in [6, 6.07) is 17.5. The highest BCUT2D eigenvalue weighted by Gasteiger charge is 2.15. The van der Waals surface area contributed by atoms with E-state index < -0.39 is 0 Å². The topological polar surface area (TPSA) is 35.7 Å². The lowest BCUT2D eigenvalue weighted by molar-refractivity contribution is 0.213. The van der Waals surface area contributed by atoms with Gasteiger partial charge in [0.25, 0.3) is 0 Å². The van der Waals surface area contributed by atoms with Gasteiger partial charge in [0, 0.05) is 39.3 Å². The van der Waals surface area contributed by atoms with E-state index in [-0.39, 0.29) is 0 Å². The van der Waals surface area contributed by atoms with Crippen molar-refractivity contribution < 1.29 is 0 Å². The second-order valence-electron chi connectivity index (χ2n) is 8.14. The van der Waals surface area contributed by atoms with Gasteiger partial charge in [-0.15, -0.1) is 0 Å². The molecule has 28 heavy (non-hydrogen) atoms. The maximum Gasteiger partial charge on any atom is 0.0247 e. The van der Waals surface area contributed by atoms with Gasteiger partial charge in [-0.3, -0.25) is 4.90 Å². The highest BCUT2D eigenvalue weighted by atomic mass is 15.2. The molecule has 3 rings (SSSR count). The number of benzene rings is 3. The Labute approximate surface area is 169 Å². The molecule has 2 N–H and O–H groups in total. The minimum absolute atomic E-state index is 0.562. The number of fused-ring (bicyclic) bond motifs is 2. The molecule has 0 heterocycles. The molecule has 0 saturated carbocycles. The maximum absolute atomic E-state index is 6.17. The fourth-order valence-corrected chi connectivity index (χ4v) is 3.88. The standard InChI is InChI=1S/C24H34N4/c1-26(2)13-15-28(16-14-27(3)4)18-24-21-11-7-5-9-19(21)23(17-25)20-10-6-8-12-22(20)24/h5-12H,13-18,25H2,1-4H3. The molecule has 150 valence electrons. The SMILES string of the molecule is CN(C)CCN(CCN(C)C)Cc1c2ccccc2c(CN)c2ccccc12.